The van der Waals surface area contributed by atoms with Crippen LogP contribution in [0.5, 0.6) is 0 Å². The second-order valence-electron chi connectivity index (χ2n) is 13.2. The molecule has 0 aromatic heterocycles. The van der Waals surface area contributed by atoms with Crippen LogP contribution >= 0.6 is 0 Å². The number of rotatable bonds is 24. The van der Waals surface area contributed by atoms with Gasteiger partial charge in [-0.05, 0) is 134 Å². The van der Waals surface area contributed by atoms with Crippen molar-refractivity contribution < 1.29 is 17.7 Å². The van der Waals surface area contributed by atoms with Crippen molar-refractivity contribution in [1.82, 2.24) is 0 Å². The highest BCUT2D eigenvalue weighted by Crippen LogP contribution is 2.18. The fraction of sp³-hybridized carbons (Fsp3) is 0.600. The van der Waals surface area contributed by atoms with E-state index >= 15 is 0 Å². The van der Waals surface area contributed by atoms with Crippen LogP contribution in [-0.2, 0) is 17.7 Å². The first-order valence-corrected chi connectivity index (χ1v) is 18.6. The third kappa shape index (κ3) is 26.9. The molecule has 0 amide bonds. The van der Waals surface area contributed by atoms with Gasteiger partial charge in [0.2, 0.25) is 0 Å². The van der Waals surface area contributed by atoms with Gasteiger partial charge in [-0.3, -0.25) is 0 Å². The molecule has 0 saturated heterocycles. The lowest BCUT2D eigenvalue weighted by atomic mass is 10.1. The Morgan fingerprint density at radius 2 is 0.533 bits per heavy atom. The molecule has 45 heavy (non-hydrogen) atoms. The summed E-state index contributed by atoms with van der Waals surface area (Å²) in [6.07, 6.45) is 25.8. The standard InChI is InChI=1S/C40H68O4Si/c1-33(2)17-13-21-37(9)25-29-41-45(42-30-26-38(10)22-14-18-34(3)4,43-31-27-39(11)23-15-19-35(5)6)44-32-28-40(12)24-16-20-36(7)8/h17-20,25-28H,13-16,21-24,29-32H2,1-12H3/b37-25+,38-26+,39-27+,40-28+. The first-order chi connectivity index (χ1) is 21.2. The number of hydrogen-bond acceptors (Lipinski definition) is 4. The normalized spacial score (nSPS) is 13.1. The van der Waals surface area contributed by atoms with Gasteiger partial charge in [-0.15, -0.1) is 0 Å². The number of hydrogen-bond donors (Lipinski definition) is 0. The molecule has 5 heteroatoms. The highest BCUT2D eigenvalue weighted by atomic mass is 28.4. The average Bonchev–Trinajstić information content (AvgIpc) is 2.92. The molecule has 0 unspecified atom stereocenters. The fourth-order valence-corrected chi connectivity index (χ4v) is 5.81. The summed E-state index contributed by atoms with van der Waals surface area (Å²) in [6.45, 7) is 27.3. The van der Waals surface area contributed by atoms with Gasteiger partial charge in [0.15, 0.2) is 0 Å². The molecule has 0 fully saturated rings. The Morgan fingerprint density at radius 1 is 0.333 bits per heavy atom. The molecule has 0 heterocycles. The Morgan fingerprint density at radius 3 is 0.711 bits per heavy atom. The lowest BCUT2D eigenvalue weighted by Crippen LogP contribution is -2.49. The van der Waals surface area contributed by atoms with Gasteiger partial charge in [0, 0.05) is 0 Å². The van der Waals surface area contributed by atoms with Gasteiger partial charge in [-0.1, -0.05) is 93.2 Å². The molecule has 0 saturated carbocycles. The summed E-state index contributed by atoms with van der Waals surface area (Å²) in [4.78, 5) is 0. The predicted molar refractivity (Wildman–Crippen MR) is 199 cm³/mol. The maximum atomic E-state index is 6.48. The van der Waals surface area contributed by atoms with Crippen molar-refractivity contribution in [2.75, 3.05) is 26.4 Å². The maximum Gasteiger partial charge on any atom is 0.680 e. The molecule has 0 aromatic carbocycles. The predicted octanol–water partition coefficient (Wildman–Crippen LogP) is 12.3. The minimum Gasteiger partial charge on any atom is -0.347 e. The van der Waals surface area contributed by atoms with E-state index in [9.17, 15) is 0 Å². The summed E-state index contributed by atoms with van der Waals surface area (Å²) in [5.74, 6) is 0. The second-order valence-corrected chi connectivity index (χ2v) is 15.4. The van der Waals surface area contributed by atoms with Gasteiger partial charge in [-0.25, -0.2) is 0 Å². The van der Waals surface area contributed by atoms with E-state index in [0.717, 1.165) is 51.4 Å². The minimum atomic E-state index is -3.49. The van der Waals surface area contributed by atoms with Crippen molar-refractivity contribution >= 4 is 9.05 Å². The molecule has 0 rings (SSSR count). The van der Waals surface area contributed by atoms with E-state index in [-0.39, 0.29) is 0 Å². The summed E-state index contributed by atoms with van der Waals surface area (Å²) in [5.41, 5.74) is 10.5. The SMILES string of the molecule is CC(C)=CCC/C(C)=C/CO[Si](OC/C=C(\C)CCC=C(C)C)(OC/C=C(\C)CCC=C(C)C)OC/C=C(\C)CCC=C(C)C. The molecular weight excluding hydrogens is 573 g/mol. The van der Waals surface area contributed by atoms with Gasteiger partial charge in [-0.2, -0.15) is 0 Å². The van der Waals surface area contributed by atoms with Crippen molar-refractivity contribution in [3.63, 3.8) is 0 Å². The van der Waals surface area contributed by atoms with Crippen molar-refractivity contribution in [3.8, 4) is 0 Å². The minimum absolute atomic E-state index is 0.392. The first kappa shape index (κ1) is 43.0. The van der Waals surface area contributed by atoms with E-state index in [1.165, 1.54) is 44.6 Å². The van der Waals surface area contributed by atoms with E-state index in [4.69, 9.17) is 17.7 Å². The second kappa shape index (κ2) is 26.1. The Balaban J connectivity index is 5.97. The van der Waals surface area contributed by atoms with Gasteiger partial charge < -0.3 is 17.7 Å². The van der Waals surface area contributed by atoms with E-state index in [1.807, 2.05) is 0 Å². The largest absolute Gasteiger partial charge is 0.680 e. The summed E-state index contributed by atoms with van der Waals surface area (Å²) in [7, 11) is -3.49. The average molecular weight is 641 g/mol. The third-order valence-electron chi connectivity index (χ3n) is 7.13. The zero-order valence-electron chi connectivity index (χ0n) is 31.2. The Bertz CT molecular complexity index is 892. The van der Waals surface area contributed by atoms with E-state index < -0.39 is 9.05 Å². The topological polar surface area (TPSA) is 36.9 Å². The molecule has 0 aliphatic rings. The Kier molecular flexibility index (Phi) is 24.9. The number of allylic oxidation sites excluding steroid dienone is 12. The van der Waals surface area contributed by atoms with Crippen molar-refractivity contribution in [2.24, 2.45) is 0 Å². The van der Waals surface area contributed by atoms with Crippen LogP contribution in [0.1, 0.15) is 134 Å². The lowest BCUT2D eigenvalue weighted by molar-refractivity contribution is -0.0122. The molecule has 0 aliphatic heterocycles. The van der Waals surface area contributed by atoms with Crippen LogP contribution in [0, 0.1) is 0 Å². The molecule has 0 spiro atoms. The van der Waals surface area contributed by atoms with Crippen molar-refractivity contribution in [2.45, 2.75) is 134 Å². The fourth-order valence-electron chi connectivity index (χ4n) is 4.16. The molecule has 0 N–H and O–H groups in total. The highest BCUT2D eigenvalue weighted by Gasteiger charge is 2.45. The van der Waals surface area contributed by atoms with E-state index in [2.05, 4.69) is 132 Å². The van der Waals surface area contributed by atoms with Crippen LogP contribution < -0.4 is 0 Å². The highest BCUT2D eigenvalue weighted by molar-refractivity contribution is 6.53. The summed E-state index contributed by atoms with van der Waals surface area (Å²) in [5, 5.41) is 0. The van der Waals surface area contributed by atoms with Gasteiger partial charge in [0.05, 0.1) is 26.4 Å². The van der Waals surface area contributed by atoms with Crippen LogP contribution in [0.4, 0.5) is 0 Å². The molecule has 0 radical (unpaired) electrons. The Hall–Kier alpha value is -2.02. The smallest absolute Gasteiger partial charge is 0.347 e. The van der Waals surface area contributed by atoms with Crippen LogP contribution in [0.2, 0.25) is 0 Å². The lowest BCUT2D eigenvalue weighted by Gasteiger charge is -2.27. The molecular formula is C40H68O4Si. The third-order valence-corrected chi connectivity index (χ3v) is 9.21. The van der Waals surface area contributed by atoms with Crippen molar-refractivity contribution in [1.29, 1.82) is 0 Å². The molecule has 4 nitrogen and oxygen atoms in total. The molecule has 256 valence electrons. The quantitative estimate of drug-likeness (QED) is 0.0777. The van der Waals surface area contributed by atoms with Crippen LogP contribution in [0.3, 0.4) is 0 Å². The van der Waals surface area contributed by atoms with Gasteiger partial charge >= 0.3 is 9.05 Å². The molecule has 0 atom stereocenters. The van der Waals surface area contributed by atoms with Gasteiger partial charge in [0.25, 0.3) is 0 Å². The van der Waals surface area contributed by atoms with Crippen molar-refractivity contribution in [3.05, 3.63) is 93.2 Å². The summed E-state index contributed by atoms with van der Waals surface area (Å²) < 4.78 is 25.9. The first-order valence-electron chi connectivity index (χ1n) is 17.0. The zero-order chi connectivity index (χ0) is 34.1. The van der Waals surface area contributed by atoms with Gasteiger partial charge in [0.1, 0.15) is 0 Å². The van der Waals surface area contributed by atoms with Crippen LogP contribution in [0.15, 0.2) is 93.2 Å². The summed E-state index contributed by atoms with van der Waals surface area (Å²) in [6, 6.07) is 0. The van der Waals surface area contributed by atoms with Crippen LogP contribution in [-0.4, -0.2) is 35.5 Å². The summed E-state index contributed by atoms with van der Waals surface area (Å²) >= 11 is 0. The monoisotopic (exact) mass is 640 g/mol. The maximum absolute atomic E-state index is 6.48. The molecule has 0 aliphatic carbocycles. The van der Waals surface area contributed by atoms with E-state index in [0.29, 0.717) is 26.4 Å². The van der Waals surface area contributed by atoms with E-state index in [1.54, 1.807) is 0 Å². The molecule has 0 aromatic rings. The molecule has 0 bridgehead atoms. The Labute approximate surface area is 280 Å². The van der Waals surface area contributed by atoms with Crippen LogP contribution in [0.25, 0.3) is 0 Å². The zero-order valence-corrected chi connectivity index (χ0v) is 32.2.